The summed E-state index contributed by atoms with van der Waals surface area (Å²) in [4.78, 5) is 35.3. The number of pyridine rings is 1. The highest BCUT2D eigenvalue weighted by Gasteiger charge is 2.21. The molecule has 9 nitrogen and oxygen atoms in total. The van der Waals surface area contributed by atoms with E-state index in [0.717, 1.165) is 24.2 Å². The van der Waals surface area contributed by atoms with Crippen LogP contribution >= 0.6 is 11.3 Å². The molecule has 0 aromatic carbocycles. The standard InChI is InChI=1S/C24H23N7O2S/c1-15-3-2-4-18(28-15)23-27-10-7-21(31-23)29-20-6-9-26-22(30-20)12-16-11-19(34-14-16)24(32)33-17-5-8-25-13-17/h2-4,6-7,9-11,14,17,25H,5,8,12-13H2,1H3,(H,26,27,29,30,31)/t17-/m1/s1. The molecule has 4 aromatic heterocycles. The molecule has 0 bridgehead atoms. The van der Waals surface area contributed by atoms with Gasteiger partial charge in [0.2, 0.25) is 0 Å². The third kappa shape index (κ3) is 5.41. The van der Waals surface area contributed by atoms with Crippen molar-refractivity contribution < 1.29 is 9.53 Å². The van der Waals surface area contributed by atoms with Gasteiger partial charge in [-0.2, -0.15) is 0 Å². The number of thiophene rings is 1. The van der Waals surface area contributed by atoms with Crippen LogP contribution in [0.15, 0.2) is 54.2 Å². The average Bonchev–Trinajstić information content (AvgIpc) is 3.52. The lowest BCUT2D eigenvalue weighted by atomic mass is 10.2. The summed E-state index contributed by atoms with van der Waals surface area (Å²) in [6.45, 7) is 3.53. The van der Waals surface area contributed by atoms with E-state index in [9.17, 15) is 4.79 Å². The topological polar surface area (TPSA) is 115 Å². The van der Waals surface area contributed by atoms with E-state index in [2.05, 4.69) is 35.6 Å². The Morgan fingerprint density at radius 1 is 1.15 bits per heavy atom. The molecule has 1 saturated heterocycles. The van der Waals surface area contributed by atoms with E-state index >= 15 is 0 Å². The molecule has 0 radical (unpaired) electrons. The summed E-state index contributed by atoms with van der Waals surface area (Å²) in [5.41, 5.74) is 2.58. The number of nitrogens with zero attached hydrogens (tertiary/aromatic N) is 5. The van der Waals surface area contributed by atoms with Crippen molar-refractivity contribution in [1.29, 1.82) is 0 Å². The number of hydrogen-bond donors (Lipinski definition) is 2. The zero-order valence-electron chi connectivity index (χ0n) is 18.6. The van der Waals surface area contributed by atoms with Gasteiger partial charge in [0.25, 0.3) is 0 Å². The molecule has 0 unspecified atom stereocenters. The Kier molecular flexibility index (Phi) is 6.50. The fourth-order valence-corrected chi connectivity index (χ4v) is 4.39. The summed E-state index contributed by atoms with van der Waals surface area (Å²) in [6, 6.07) is 11.1. The number of aromatic nitrogens is 5. The molecule has 5 heterocycles. The summed E-state index contributed by atoms with van der Waals surface area (Å²) in [5.74, 6) is 2.13. The van der Waals surface area contributed by atoms with Crippen molar-refractivity contribution in [3.8, 4) is 11.5 Å². The zero-order valence-corrected chi connectivity index (χ0v) is 19.4. The van der Waals surface area contributed by atoms with E-state index < -0.39 is 0 Å². The molecule has 0 saturated carbocycles. The van der Waals surface area contributed by atoms with Gasteiger partial charge in [-0.25, -0.2) is 29.7 Å². The largest absolute Gasteiger partial charge is 0.457 e. The SMILES string of the molecule is Cc1cccc(-c2nccc(Nc3ccnc(Cc4csc(C(=O)O[C@@H]5CCNC5)c4)n3)n2)n1. The number of ether oxygens (including phenoxy) is 1. The van der Waals surface area contributed by atoms with Crippen molar-refractivity contribution in [3.05, 3.63) is 76.1 Å². The average molecular weight is 474 g/mol. The van der Waals surface area contributed by atoms with Gasteiger partial charge < -0.3 is 15.4 Å². The van der Waals surface area contributed by atoms with Crippen LogP contribution in [0.1, 0.15) is 33.2 Å². The molecule has 0 amide bonds. The molecule has 1 aliphatic heterocycles. The van der Waals surface area contributed by atoms with Gasteiger partial charge in [-0.05, 0) is 61.2 Å². The minimum atomic E-state index is -0.274. The second-order valence-corrected chi connectivity index (χ2v) is 8.84. The van der Waals surface area contributed by atoms with Crippen LogP contribution < -0.4 is 10.6 Å². The summed E-state index contributed by atoms with van der Waals surface area (Å²) in [5, 5.41) is 8.35. The Morgan fingerprint density at radius 3 is 2.82 bits per heavy atom. The second-order valence-electron chi connectivity index (χ2n) is 7.93. The van der Waals surface area contributed by atoms with E-state index in [0.29, 0.717) is 46.8 Å². The van der Waals surface area contributed by atoms with Crippen LogP contribution in [0.2, 0.25) is 0 Å². The molecular weight excluding hydrogens is 450 g/mol. The number of rotatable bonds is 7. The van der Waals surface area contributed by atoms with E-state index in [1.165, 1.54) is 11.3 Å². The molecule has 1 aliphatic rings. The number of aryl methyl sites for hydroxylation is 1. The van der Waals surface area contributed by atoms with E-state index in [1.807, 2.05) is 36.6 Å². The fourth-order valence-electron chi connectivity index (χ4n) is 3.60. The van der Waals surface area contributed by atoms with Gasteiger partial charge in [-0.3, -0.25) is 0 Å². The van der Waals surface area contributed by atoms with Crippen LogP contribution in [0.4, 0.5) is 11.6 Å². The van der Waals surface area contributed by atoms with Crippen LogP contribution in [-0.2, 0) is 11.2 Å². The quantitative estimate of drug-likeness (QED) is 0.389. The number of hydrogen-bond acceptors (Lipinski definition) is 10. The van der Waals surface area contributed by atoms with Gasteiger partial charge in [0, 0.05) is 31.1 Å². The van der Waals surface area contributed by atoms with E-state index in [4.69, 9.17) is 4.74 Å². The molecule has 2 N–H and O–H groups in total. The molecule has 0 aliphatic carbocycles. The predicted molar refractivity (Wildman–Crippen MR) is 129 cm³/mol. The molecule has 0 spiro atoms. The van der Waals surface area contributed by atoms with Crippen molar-refractivity contribution in [2.24, 2.45) is 0 Å². The summed E-state index contributed by atoms with van der Waals surface area (Å²) in [6.07, 6.45) is 4.70. The number of carbonyl (C=O) groups excluding carboxylic acids is 1. The first kappa shape index (κ1) is 22.1. The van der Waals surface area contributed by atoms with Crippen molar-refractivity contribution >= 4 is 28.9 Å². The summed E-state index contributed by atoms with van der Waals surface area (Å²) in [7, 11) is 0. The Morgan fingerprint density at radius 2 is 2.00 bits per heavy atom. The van der Waals surface area contributed by atoms with E-state index in [-0.39, 0.29) is 12.1 Å². The van der Waals surface area contributed by atoms with Gasteiger partial charge >= 0.3 is 5.97 Å². The van der Waals surface area contributed by atoms with Crippen LogP contribution in [0.5, 0.6) is 0 Å². The van der Waals surface area contributed by atoms with Crippen LogP contribution in [0.25, 0.3) is 11.5 Å². The lowest BCUT2D eigenvalue weighted by Crippen LogP contribution is -2.20. The number of anilines is 2. The molecule has 1 atom stereocenters. The number of nitrogens with one attached hydrogen (secondary N) is 2. The molecule has 5 rings (SSSR count). The first-order valence-electron chi connectivity index (χ1n) is 11.0. The number of esters is 1. The van der Waals surface area contributed by atoms with Gasteiger partial charge in [0.1, 0.15) is 34.1 Å². The maximum absolute atomic E-state index is 12.4. The molecule has 1 fully saturated rings. The van der Waals surface area contributed by atoms with Gasteiger partial charge in [0.15, 0.2) is 5.82 Å². The fraction of sp³-hybridized carbons (Fsp3) is 0.250. The minimum absolute atomic E-state index is 0.0480. The maximum atomic E-state index is 12.4. The highest BCUT2D eigenvalue weighted by atomic mass is 32.1. The minimum Gasteiger partial charge on any atom is -0.457 e. The lowest BCUT2D eigenvalue weighted by molar-refractivity contribution is 0.0350. The first-order valence-corrected chi connectivity index (χ1v) is 11.9. The van der Waals surface area contributed by atoms with E-state index in [1.54, 1.807) is 24.5 Å². The Balaban J connectivity index is 1.25. The third-order valence-corrected chi connectivity index (χ3v) is 6.20. The summed E-state index contributed by atoms with van der Waals surface area (Å²) < 4.78 is 5.55. The van der Waals surface area contributed by atoms with Crippen LogP contribution in [0.3, 0.4) is 0 Å². The first-order chi connectivity index (χ1) is 16.6. The second kappa shape index (κ2) is 10.0. The Bertz CT molecular complexity index is 1300. The molecule has 10 heteroatoms. The zero-order chi connectivity index (χ0) is 23.3. The normalized spacial score (nSPS) is 15.3. The molecule has 34 heavy (non-hydrogen) atoms. The Hall–Kier alpha value is -3.76. The molecule has 172 valence electrons. The van der Waals surface area contributed by atoms with Gasteiger partial charge in [0.05, 0.1) is 0 Å². The Labute approximate surface area is 200 Å². The smallest absolute Gasteiger partial charge is 0.348 e. The predicted octanol–water partition coefficient (Wildman–Crippen LogP) is 3.55. The van der Waals surface area contributed by atoms with Crippen molar-refractivity contribution in [2.75, 3.05) is 18.4 Å². The third-order valence-electron chi connectivity index (χ3n) is 5.24. The maximum Gasteiger partial charge on any atom is 0.348 e. The van der Waals surface area contributed by atoms with Crippen molar-refractivity contribution in [3.63, 3.8) is 0 Å². The number of carbonyl (C=O) groups is 1. The summed E-state index contributed by atoms with van der Waals surface area (Å²) >= 11 is 1.38. The van der Waals surface area contributed by atoms with Crippen LogP contribution in [0, 0.1) is 6.92 Å². The van der Waals surface area contributed by atoms with Crippen LogP contribution in [-0.4, -0.2) is 50.1 Å². The van der Waals surface area contributed by atoms with Crippen molar-refractivity contribution in [1.82, 2.24) is 30.2 Å². The molecule has 4 aromatic rings. The van der Waals surface area contributed by atoms with Gasteiger partial charge in [-0.1, -0.05) is 6.07 Å². The highest BCUT2D eigenvalue weighted by Crippen LogP contribution is 2.21. The molecular formula is C24H23N7O2S. The lowest BCUT2D eigenvalue weighted by Gasteiger charge is -2.09. The van der Waals surface area contributed by atoms with Gasteiger partial charge in [-0.15, -0.1) is 11.3 Å². The highest BCUT2D eigenvalue weighted by molar-refractivity contribution is 7.12. The monoisotopic (exact) mass is 473 g/mol. The van der Waals surface area contributed by atoms with Crippen molar-refractivity contribution in [2.45, 2.75) is 25.9 Å².